The fraction of sp³-hybridized carbons (Fsp3) is 0.214. The number of carbonyl (C=O) groups is 2. The van der Waals surface area contributed by atoms with E-state index in [0.717, 1.165) is 21.7 Å². The summed E-state index contributed by atoms with van der Waals surface area (Å²) in [4.78, 5) is 30.6. The highest BCUT2D eigenvalue weighted by molar-refractivity contribution is 7.09. The summed E-state index contributed by atoms with van der Waals surface area (Å²) in [5.74, 6) is -0.861. The Morgan fingerprint density at radius 2 is 2.05 bits per heavy atom. The van der Waals surface area contributed by atoms with Gasteiger partial charge in [0.15, 0.2) is 0 Å². The van der Waals surface area contributed by atoms with Crippen molar-refractivity contribution in [1.29, 1.82) is 0 Å². The van der Waals surface area contributed by atoms with Crippen LogP contribution in [0.4, 0.5) is 5.69 Å². The molecule has 1 aromatic carbocycles. The number of aryl methyl sites for hydroxylation is 1. The Labute approximate surface area is 114 Å². The summed E-state index contributed by atoms with van der Waals surface area (Å²) in [6, 6.07) is 3.63. The molecule has 0 aliphatic carbocycles. The Hall–Kier alpha value is -2.01. The van der Waals surface area contributed by atoms with Crippen LogP contribution in [0.1, 0.15) is 26.4 Å². The van der Waals surface area contributed by atoms with Gasteiger partial charge in [0.1, 0.15) is 0 Å². The minimum absolute atomic E-state index is 0.409. The van der Waals surface area contributed by atoms with Crippen LogP contribution in [0, 0.1) is 13.8 Å². The van der Waals surface area contributed by atoms with E-state index in [0.29, 0.717) is 12.1 Å². The molecule has 1 aromatic heterocycles. The molecule has 1 aliphatic rings. The maximum absolute atomic E-state index is 12.1. The smallest absolute Gasteiger partial charge is 0.299 e. The highest BCUT2D eigenvalue weighted by atomic mass is 32.1. The SMILES string of the molecule is Cc1ccc2c(c1C)N(Cc1cncs1)C(=O)C2=O. The second-order valence-electron chi connectivity index (χ2n) is 4.59. The van der Waals surface area contributed by atoms with E-state index < -0.39 is 11.7 Å². The van der Waals surface area contributed by atoms with Gasteiger partial charge < -0.3 is 0 Å². The number of ketones is 1. The molecule has 0 fully saturated rings. The minimum Gasteiger partial charge on any atom is -0.299 e. The van der Waals surface area contributed by atoms with Gasteiger partial charge in [0.05, 0.1) is 23.3 Å². The number of thiazole rings is 1. The molecular formula is C14H12N2O2S. The first-order valence-corrected chi connectivity index (χ1v) is 6.81. The second kappa shape index (κ2) is 4.28. The van der Waals surface area contributed by atoms with Gasteiger partial charge in [-0.3, -0.25) is 19.5 Å². The van der Waals surface area contributed by atoms with E-state index in [1.54, 1.807) is 22.7 Å². The van der Waals surface area contributed by atoms with Gasteiger partial charge in [-0.1, -0.05) is 6.07 Å². The van der Waals surface area contributed by atoms with Crippen molar-refractivity contribution in [2.75, 3.05) is 4.90 Å². The Morgan fingerprint density at radius 3 is 2.74 bits per heavy atom. The molecule has 0 N–H and O–H groups in total. The molecule has 0 spiro atoms. The number of Topliss-reactive ketones (excluding diaryl/α,β-unsaturated/α-hetero) is 1. The van der Waals surface area contributed by atoms with Gasteiger partial charge in [-0.25, -0.2) is 0 Å². The van der Waals surface area contributed by atoms with Crippen LogP contribution in [0.15, 0.2) is 23.8 Å². The summed E-state index contributed by atoms with van der Waals surface area (Å²) in [6.45, 7) is 4.33. The maximum Gasteiger partial charge on any atom is 0.299 e. The second-order valence-corrected chi connectivity index (χ2v) is 5.56. The summed E-state index contributed by atoms with van der Waals surface area (Å²) < 4.78 is 0. The van der Waals surface area contributed by atoms with E-state index in [4.69, 9.17) is 0 Å². The number of amides is 1. The number of anilines is 1. The number of nitrogens with zero attached hydrogens (tertiary/aromatic N) is 2. The fourth-order valence-corrected chi connectivity index (χ4v) is 2.88. The van der Waals surface area contributed by atoms with Crippen molar-refractivity contribution >= 4 is 28.7 Å². The molecule has 0 radical (unpaired) electrons. The van der Waals surface area contributed by atoms with Crippen LogP contribution in [0.3, 0.4) is 0 Å². The Balaban J connectivity index is 2.10. The van der Waals surface area contributed by atoms with E-state index in [1.807, 2.05) is 19.9 Å². The lowest BCUT2D eigenvalue weighted by Crippen LogP contribution is -2.29. The van der Waals surface area contributed by atoms with Crippen LogP contribution in [-0.2, 0) is 11.3 Å². The van der Waals surface area contributed by atoms with Crippen molar-refractivity contribution in [2.24, 2.45) is 0 Å². The molecule has 19 heavy (non-hydrogen) atoms. The normalized spacial score (nSPS) is 14.1. The molecule has 1 aliphatic heterocycles. The predicted molar refractivity (Wildman–Crippen MR) is 73.6 cm³/mol. The van der Waals surface area contributed by atoms with Crippen LogP contribution >= 0.6 is 11.3 Å². The van der Waals surface area contributed by atoms with Crippen molar-refractivity contribution in [1.82, 2.24) is 4.98 Å². The molecule has 3 rings (SSSR count). The van der Waals surface area contributed by atoms with Gasteiger partial charge in [-0.05, 0) is 31.0 Å². The predicted octanol–water partition coefficient (Wildman–Crippen LogP) is 2.49. The topological polar surface area (TPSA) is 50.3 Å². The van der Waals surface area contributed by atoms with Crippen molar-refractivity contribution < 1.29 is 9.59 Å². The number of aromatic nitrogens is 1. The van der Waals surface area contributed by atoms with Crippen LogP contribution in [0.25, 0.3) is 0 Å². The minimum atomic E-state index is -0.447. The van der Waals surface area contributed by atoms with Gasteiger partial charge in [0.25, 0.3) is 11.7 Å². The third kappa shape index (κ3) is 1.77. The largest absolute Gasteiger partial charge is 0.299 e. The molecular weight excluding hydrogens is 260 g/mol. The van der Waals surface area contributed by atoms with Crippen molar-refractivity contribution in [2.45, 2.75) is 20.4 Å². The number of hydrogen-bond acceptors (Lipinski definition) is 4. The summed E-state index contributed by atoms with van der Waals surface area (Å²) >= 11 is 1.48. The van der Waals surface area contributed by atoms with Crippen molar-refractivity contribution in [3.8, 4) is 0 Å². The summed E-state index contributed by atoms with van der Waals surface area (Å²) in [7, 11) is 0. The zero-order chi connectivity index (χ0) is 13.6. The molecule has 2 heterocycles. The lowest BCUT2D eigenvalue weighted by Gasteiger charge is -2.18. The molecule has 0 unspecified atom stereocenters. The van der Waals surface area contributed by atoms with Gasteiger partial charge in [-0.2, -0.15) is 0 Å². The molecule has 0 bridgehead atoms. The first-order valence-electron chi connectivity index (χ1n) is 5.93. The van der Waals surface area contributed by atoms with E-state index in [2.05, 4.69) is 4.98 Å². The van der Waals surface area contributed by atoms with Gasteiger partial charge in [-0.15, -0.1) is 11.3 Å². The maximum atomic E-state index is 12.1. The third-order valence-electron chi connectivity index (χ3n) is 3.45. The van der Waals surface area contributed by atoms with Gasteiger partial charge in [0, 0.05) is 11.1 Å². The lowest BCUT2D eigenvalue weighted by atomic mass is 10.0. The van der Waals surface area contributed by atoms with Crippen LogP contribution < -0.4 is 4.90 Å². The first kappa shape index (κ1) is 12.0. The van der Waals surface area contributed by atoms with Crippen molar-refractivity contribution in [3.05, 3.63) is 45.4 Å². The summed E-state index contributed by atoms with van der Waals surface area (Å²) in [5, 5.41) is 0. The summed E-state index contributed by atoms with van der Waals surface area (Å²) in [5.41, 5.74) is 5.06. The highest BCUT2D eigenvalue weighted by Crippen LogP contribution is 2.35. The fourth-order valence-electron chi connectivity index (χ4n) is 2.30. The van der Waals surface area contributed by atoms with Crippen molar-refractivity contribution in [3.63, 3.8) is 0 Å². The standard InChI is InChI=1S/C14H12N2O2S/c1-8-3-4-11-12(9(8)2)16(14(18)13(11)17)6-10-5-15-7-19-10/h3-5,7H,6H2,1-2H3. The monoisotopic (exact) mass is 272 g/mol. The molecule has 0 saturated heterocycles. The molecule has 0 saturated carbocycles. The number of benzene rings is 1. The molecule has 96 valence electrons. The molecule has 2 aromatic rings. The van der Waals surface area contributed by atoms with Crippen LogP contribution in [0.2, 0.25) is 0 Å². The molecule has 5 heteroatoms. The Kier molecular flexibility index (Phi) is 2.71. The highest BCUT2D eigenvalue weighted by Gasteiger charge is 2.37. The Morgan fingerprint density at radius 1 is 1.26 bits per heavy atom. The number of hydrogen-bond donors (Lipinski definition) is 0. The van der Waals surface area contributed by atoms with Gasteiger partial charge in [0.2, 0.25) is 0 Å². The van der Waals surface area contributed by atoms with Gasteiger partial charge >= 0.3 is 0 Å². The molecule has 0 atom stereocenters. The quantitative estimate of drug-likeness (QED) is 0.789. The van der Waals surface area contributed by atoms with E-state index in [-0.39, 0.29) is 0 Å². The molecule has 1 amide bonds. The van der Waals surface area contributed by atoms with E-state index in [1.165, 1.54) is 11.3 Å². The number of fused-ring (bicyclic) bond motifs is 1. The zero-order valence-electron chi connectivity index (χ0n) is 10.6. The van der Waals surface area contributed by atoms with E-state index in [9.17, 15) is 9.59 Å². The number of carbonyl (C=O) groups excluding carboxylic acids is 2. The first-order chi connectivity index (χ1) is 9.09. The van der Waals surface area contributed by atoms with Crippen LogP contribution in [0.5, 0.6) is 0 Å². The molecule has 4 nitrogen and oxygen atoms in total. The summed E-state index contributed by atoms with van der Waals surface area (Å²) in [6.07, 6.45) is 1.73. The third-order valence-corrected chi connectivity index (χ3v) is 4.22. The van der Waals surface area contributed by atoms with E-state index >= 15 is 0 Å². The van der Waals surface area contributed by atoms with Crippen LogP contribution in [-0.4, -0.2) is 16.7 Å². The lowest BCUT2D eigenvalue weighted by molar-refractivity contribution is -0.114. The number of rotatable bonds is 2. The Bertz CT molecular complexity index is 677. The average molecular weight is 272 g/mol. The average Bonchev–Trinajstić information content (AvgIpc) is 2.98. The zero-order valence-corrected chi connectivity index (χ0v) is 11.5.